The van der Waals surface area contributed by atoms with Crippen molar-refractivity contribution in [3.8, 4) is 11.5 Å². The first kappa shape index (κ1) is 12.2. The van der Waals surface area contributed by atoms with E-state index >= 15 is 0 Å². The number of hydrogen-bond acceptors (Lipinski definition) is 4. The highest BCUT2D eigenvalue weighted by atomic mass is 127. The van der Waals surface area contributed by atoms with Crippen LogP contribution in [0.25, 0.3) is 11.0 Å². The molecule has 1 N–H and O–H groups in total. The smallest absolute Gasteiger partial charge is 0.196 e. The monoisotopic (exact) mass is 346 g/mol. The van der Waals surface area contributed by atoms with Crippen LogP contribution in [0.3, 0.4) is 0 Å². The van der Waals surface area contributed by atoms with Crippen LogP contribution in [0, 0.1) is 0 Å². The predicted octanol–water partition coefficient (Wildman–Crippen LogP) is 3.35. The topological polar surface area (TPSA) is 59.7 Å². The molecule has 1 aromatic heterocycles. The van der Waals surface area contributed by atoms with Gasteiger partial charge in [0.05, 0.1) is 0 Å². The SMILES string of the molecule is CC(C)c1cc(=O)c2c(O)cc(OI)cc2o1. The van der Waals surface area contributed by atoms with Crippen molar-refractivity contribution in [2.75, 3.05) is 0 Å². The van der Waals surface area contributed by atoms with E-state index in [-0.39, 0.29) is 22.5 Å². The van der Waals surface area contributed by atoms with Gasteiger partial charge in [0.15, 0.2) is 28.4 Å². The third kappa shape index (κ3) is 2.24. The van der Waals surface area contributed by atoms with Crippen molar-refractivity contribution in [3.63, 3.8) is 0 Å². The molecule has 2 aromatic rings. The normalized spacial score (nSPS) is 11.1. The molecule has 0 bridgehead atoms. The van der Waals surface area contributed by atoms with Gasteiger partial charge in [0.25, 0.3) is 0 Å². The minimum atomic E-state index is -0.243. The van der Waals surface area contributed by atoms with Crippen LogP contribution in [-0.2, 0) is 0 Å². The molecular weight excluding hydrogens is 335 g/mol. The van der Waals surface area contributed by atoms with Gasteiger partial charge in [-0.2, -0.15) is 0 Å². The molecule has 0 amide bonds. The van der Waals surface area contributed by atoms with Crippen molar-refractivity contribution >= 4 is 34.0 Å². The van der Waals surface area contributed by atoms with Crippen molar-refractivity contribution in [2.24, 2.45) is 0 Å². The summed E-state index contributed by atoms with van der Waals surface area (Å²) in [5.74, 6) is 1.02. The van der Waals surface area contributed by atoms with E-state index in [1.807, 2.05) is 13.8 Å². The first-order chi connectivity index (χ1) is 8.02. The molecule has 0 unspecified atom stereocenters. The molecule has 0 aliphatic heterocycles. The van der Waals surface area contributed by atoms with Crippen LogP contribution in [0.4, 0.5) is 0 Å². The summed E-state index contributed by atoms with van der Waals surface area (Å²) in [5, 5.41) is 9.94. The second-order valence-electron chi connectivity index (χ2n) is 4.06. The van der Waals surface area contributed by atoms with E-state index in [1.54, 1.807) is 29.1 Å². The number of halogens is 1. The second-order valence-corrected chi connectivity index (χ2v) is 4.50. The minimum absolute atomic E-state index is 0.110. The quantitative estimate of drug-likeness (QED) is 0.848. The third-order valence-electron chi connectivity index (χ3n) is 2.46. The van der Waals surface area contributed by atoms with E-state index in [4.69, 9.17) is 7.48 Å². The molecule has 90 valence electrons. The Labute approximate surface area is 112 Å². The van der Waals surface area contributed by atoms with Gasteiger partial charge >= 0.3 is 0 Å². The van der Waals surface area contributed by atoms with Crippen molar-refractivity contribution < 1.29 is 12.6 Å². The number of benzene rings is 1. The van der Waals surface area contributed by atoms with Crippen LogP contribution in [0.5, 0.6) is 11.5 Å². The van der Waals surface area contributed by atoms with E-state index in [1.165, 1.54) is 12.1 Å². The van der Waals surface area contributed by atoms with Crippen molar-refractivity contribution in [1.29, 1.82) is 0 Å². The van der Waals surface area contributed by atoms with Gasteiger partial charge in [0.2, 0.25) is 0 Å². The highest BCUT2D eigenvalue weighted by molar-refractivity contribution is 14.1. The molecule has 0 fully saturated rings. The van der Waals surface area contributed by atoms with E-state index in [2.05, 4.69) is 0 Å². The zero-order valence-corrected chi connectivity index (χ0v) is 11.5. The molecule has 0 radical (unpaired) electrons. The lowest BCUT2D eigenvalue weighted by molar-refractivity contribution is 0.472. The van der Waals surface area contributed by atoms with Crippen LogP contribution in [-0.4, -0.2) is 5.11 Å². The molecule has 1 aromatic carbocycles. The summed E-state index contributed by atoms with van der Waals surface area (Å²) >= 11 is 1.70. The van der Waals surface area contributed by atoms with Crippen LogP contribution >= 0.6 is 23.0 Å². The molecule has 2 rings (SSSR count). The van der Waals surface area contributed by atoms with E-state index in [0.717, 1.165) is 0 Å². The number of phenolic OH excluding ortho intramolecular Hbond substituents is 1. The van der Waals surface area contributed by atoms with Gasteiger partial charge in [0, 0.05) is 24.1 Å². The lowest BCUT2D eigenvalue weighted by Crippen LogP contribution is -2.03. The first-order valence-corrected chi connectivity index (χ1v) is 6.00. The molecule has 0 saturated heterocycles. The van der Waals surface area contributed by atoms with Gasteiger partial charge in [-0.1, -0.05) is 13.8 Å². The second kappa shape index (κ2) is 4.56. The van der Waals surface area contributed by atoms with Crippen LogP contribution in [0.1, 0.15) is 25.5 Å². The standard InChI is InChI=1S/C12H11IO4/c1-6(2)10-5-9(15)12-8(14)3-7(17-13)4-11(12)16-10/h3-6,14H,1-2H3. The lowest BCUT2D eigenvalue weighted by Gasteiger charge is -2.07. The Morgan fingerprint density at radius 2 is 2.06 bits per heavy atom. The van der Waals surface area contributed by atoms with E-state index in [9.17, 15) is 9.90 Å². The van der Waals surface area contributed by atoms with Crippen molar-refractivity contribution in [1.82, 2.24) is 0 Å². The molecular formula is C12H11IO4. The summed E-state index contributed by atoms with van der Waals surface area (Å²) in [6.45, 7) is 3.87. The molecule has 0 spiro atoms. The number of hydrogen-bond donors (Lipinski definition) is 1. The lowest BCUT2D eigenvalue weighted by atomic mass is 10.1. The molecule has 0 saturated carbocycles. The average molecular weight is 346 g/mol. The number of aromatic hydroxyl groups is 1. The molecule has 0 aliphatic carbocycles. The molecule has 1 heterocycles. The van der Waals surface area contributed by atoms with Crippen LogP contribution < -0.4 is 8.50 Å². The fourth-order valence-electron chi connectivity index (χ4n) is 1.59. The highest BCUT2D eigenvalue weighted by Gasteiger charge is 2.13. The number of fused-ring (bicyclic) bond motifs is 1. The van der Waals surface area contributed by atoms with Gasteiger partial charge in [-0.15, -0.1) is 0 Å². The van der Waals surface area contributed by atoms with Crippen LogP contribution in [0.2, 0.25) is 0 Å². The Bertz CT molecular complexity index is 616. The highest BCUT2D eigenvalue weighted by Crippen LogP contribution is 2.30. The zero-order valence-electron chi connectivity index (χ0n) is 9.36. The summed E-state index contributed by atoms with van der Waals surface area (Å²) < 4.78 is 10.6. The van der Waals surface area contributed by atoms with Gasteiger partial charge in [-0.25, -0.2) is 0 Å². The fourth-order valence-corrected chi connectivity index (χ4v) is 1.85. The third-order valence-corrected chi connectivity index (χ3v) is 2.97. The average Bonchev–Trinajstić information content (AvgIpc) is 2.27. The predicted molar refractivity (Wildman–Crippen MR) is 72.9 cm³/mol. The Morgan fingerprint density at radius 3 is 2.65 bits per heavy atom. The number of rotatable bonds is 2. The maximum Gasteiger partial charge on any atom is 0.196 e. The van der Waals surface area contributed by atoms with Gasteiger partial charge in [-0.3, -0.25) is 4.79 Å². The van der Waals surface area contributed by atoms with Gasteiger partial charge in [-0.05, 0) is 0 Å². The van der Waals surface area contributed by atoms with Gasteiger partial charge in [0.1, 0.15) is 28.2 Å². The fraction of sp³-hybridized carbons (Fsp3) is 0.250. The summed E-state index contributed by atoms with van der Waals surface area (Å²) in [7, 11) is 0. The Balaban J connectivity index is 2.82. The largest absolute Gasteiger partial charge is 0.507 e. The Morgan fingerprint density at radius 1 is 1.35 bits per heavy atom. The summed E-state index contributed by atoms with van der Waals surface area (Å²) in [5.41, 5.74) is 0.0975. The van der Waals surface area contributed by atoms with E-state index in [0.29, 0.717) is 17.1 Å². The summed E-state index contributed by atoms with van der Waals surface area (Å²) in [4.78, 5) is 11.9. The van der Waals surface area contributed by atoms with Crippen LogP contribution in [0.15, 0.2) is 27.4 Å². The first-order valence-electron chi connectivity index (χ1n) is 5.12. The molecule has 4 nitrogen and oxygen atoms in total. The maximum atomic E-state index is 11.9. The Hall–Kier alpha value is -1.24. The minimum Gasteiger partial charge on any atom is -0.507 e. The van der Waals surface area contributed by atoms with E-state index < -0.39 is 0 Å². The molecule has 5 heteroatoms. The summed E-state index contributed by atoms with van der Waals surface area (Å²) in [6.07, 6.45) is 0. The van der Waals surface area contributed by atoms with Gasteiger partial charge < -0.3 is 12.6 Å². The molecule has 0 atom stereocenters. The molecule has 17 heavy (non-hydrogen) atoms. The van der Waals surface area contributed by atoms with Crippen molar-refractivity contribution in [2.45, 2.75) is 19.8 Å². The Kier molecular flexibility index (Phi) is 3.28. The zero-order chi connectivity index (χ0) is 12.6. The molecule has 0 aliphatic rings. The maximum absolute atomic E-state index is 11.9. The summed E-state index contributed by atoms with van der Waals surface area (Å²) in [6, 6.07) is 4.40. The number of phenols is 1. The van der Waals surface area contributed by atoms with Crippen molar-refractivity contribution in [3.05, 3.63) is 34.2 Å².